The SMILES string of the molecule is CC(C)C[C@H](NC(=O)[C@@H]1CCCN1C(=O)[C@H](CO)NC(=O)[C@H](C)NC(=O)[C@H](CCC(=O)O)NC(=O)[C@H](CC(=O)O)NC(=O)[C@H](CCC(N)=O)NC(=O)[C@H](C)NC(=O)[C@H](CO)NC(=O)[C@@H]1CCCN1C(=O)[C@H](CO)NC(=O)CNC(=O)[C@@H](NC(=O)[C@@H](NC(=O)CN1CCN(CC(=O)O)CCN(CC(=O)O)CCN(CC(=O)O)CC1)C(C)C)C(C)C)C(=O)N[C@@H](CO)C(=O)O. The predicted octanol–water partition coefficient (Wildman–Crippen LogP) is -12.6. The minimum absolute atomic E-state index is 0.0128. The third kappa shape index (κ3) is 38.3. The van der Waals surface area contributed by atoms with Gasteiger partial charge in [-0.1, -0.05) is 41.5 Å². The maximum atomic E-state index is 14.0. The molecule has 52 nitrogen and oxygen atoms in total. The first-order valence-electron chi connectivity index (χ1n) is 41.5. The van der Waals surface area contributed by atoms with Crippen LogP contribution in [0.1, 0.15) is 120 Å². The molecule has 3 aliphatic rings. The van der Waals surface area contributed by atoms with Gasteiger partial charge in [0, 0.05) is 78.3 Å². The van der Waals surface area contributed by atoms with E-state index in [2.05, 4.69) is 69.1 Å². The Morgan fingerprint density at radius 3 is 1.09 bits per heavy atom. The molecule has 3 fully saturated rings. The van der Waals surface area contributed by atoms with Crippen molar-refractivity contribution < 1.29 is 157 Å². The number of nitrogens with zero attached hydrogens (tertiary/aromatic N) is 6. The van der Waals surface area contributed by atoms with Crippen LogP contribution < -0.4 is 74.9 Å². The van der Waals surface area contributed by atoms with Crippen LogP contribution in [0.15, 0.2) is 0 Å². The number of rotatable bonds is 52. The van der Waals surface area contributed by atoms with Gasteiger partial charge in [-0.3, -0.25) is 120 Å². The van der Waals surface area contributed by atoms with Crippen molar-refractivity contribution in [3.05, 3.63) is 0 Å². The second-order valence-electron chi connectivity index (χ2n) is 32.1. The Morgan fingerprint density at radius 2 is 0.695 bits per heavy atom. The molecule has 0 aromatic rings. The van der Waals surface area contributed by atoms with Gasteiger partial charge in [0.25, 0.3) is 0 Å². The van der Waals surface area contributed by atoms with E-state index in [4.69, 9.17) is 5.73 Å². The molecule has 3 saturated heterocycles. The van der Waals surface area contributed by atoms with E-state index in [1.165, 1.54) is 0 Å². The maximum absolute atomic E-state index is 14.0. The molecule has 0 radical (unpaired) electrons. The molecule has 0 unspecified atom stereocenters. The highest BCUT2D eigenvalue weighted by molar-refractivity contribution is 6.01. The van der Waals surface area contributed by atoms with E-state index in [0.717, 1.165) is 23.6 Å². The molecule has 3 heterocycles. The molecule has 0 spiro atoms. The number of amides is 16. The summed E-state index contributed by atoms with van der Waals surface area (Å²) in [5.41, 5.74) is 5.34. The van der Waals surface area contributed by atoms with Crippen LogP contribution in [0.4, 0.5) is 0 Å². The first-order chi connectivity index (χ1) is 60.0. The predicted molar refractivity (Wildman–Crippen MR) is 438 cm³/mol. The van der Waals surface area contributed by atoms with E-state index in [1.807, 2.05) is 0 Å². The summed E-state index contributed by atoms with van der Waals surface area (Å²) in [7, 11) is 0. The van der Waals surface area contributed by atoms with Gasteiger partial charge in [0.15, 0.2) is 0 Å². The van der Waals surface area contributed by atoms with Crippen molar-refractivity contribution in [2.24, 2.45) is 23.5 Å². The van der Waals surface area contributed by atoms with Gasteiger partial charge < -0.3 is 136 Å². The van der Waals surface area contributed by atoms with Gasteiger partial charge in [0.05, 0.1) is 65.6 Å². The van der Waals surface area contributed by atoms with Gasteiger partial charge in [-0.25, -0.2) is 4.79 Å². The highest BCUT2D eigenvalue weighted by atomic mass is 16.4. The Balaban J connectivity index is 1.68. The highest BCUT2D eigenvalue weighted by Crippen LogP contribution is 2.22. The quantitative estimate of drug-likeness (QED) is 0.0269. The molecule has 0 bridgehead atoms. The molecule has 3 aliphatic heterocycles. The standard InChI is InChI=1S/C76H124N20O32/c1-38(2)27-45(67(118)88-50(37-100)76(127)128)85-70(121)51-11-9-18-96(51)75(126)49(36-99)87-64(115)42(8)79-65(116)44(14-16-56(104)105)83-68(119)46(28-57(106)107)84-66(117)43(13-15-53(77)101)82-63(114)41(7)80-69(120)47(34-97)86-71(122)52-12-10-17-95(52)74(125)48(35-98)81-54(102)29-78-72(123)61(39(3)4)90-73(124)62(40(5)6)89-55(103)30-91-19-21-92(31-58(108)109)23-25-94(33-60(112)113)26-24-93(22-20-91)32-59(110)111/h38-52,61-62,97-100H,9-37H2,1-8H3,(H2,77,101)(H,78,123)(H,79,116)(H,80,120)(H,81,102)(H,82,114)(H,83,119)(H,84,117)(H,85,121)(H,86,122)(H,87,115)(H,88,118)(H,89,103)(H,90,124)(H,104,105)(H,106,107)(H,108,109)(H,110,111)(H,112,113)(H,127,128)/t41-,42-,43-,44-,45-,46-,47-,48-,49-,50-,51-,52-,61-,62-/m0/s1. The summed E-state index contributed by atoms with van der Waals surface area (Å²) in [5.74, 6) is -27.1. The summed E-state index contributed by atoms with van der Waals surface area (Å²) in [4.78, 5) is 297. The molecule has 3 rings (SSSR count). The van der Waals surface area contributed by atoms with E-state index in [0.29, 0.717) is 0 Å². The Hall–Kier alpha value is -12.0. The Morgan fingerprint density at radius 1 is 0.336 bits per heavy atom. The van der Waals surface area contributed by atoms with Crippen molar-refractivity contribution in [3.63, 3.8) is 0 Å². The molecule has 0 saturated carbocycles. The molecular weight excluding hydrogens is 1700 g/mol. The number of hydrogen-bond donors (Lipinski definition) is 24. The summed E-state index contributed by atoms with van der Waals surface area (Å²) in [5, 5.41) is 128. The maximum Gasteiger partial charge on any atom is 0.328 e. The first kappa shape index (κ1) is 110. The summed E-state index contributed by atoms with van der Waals surface area (Å²) in [6.07, 6.45) is -4.00. The summed E-state index contributed by atoms with van der Waals surface area (Å²) >= 11 is 0. The molecular formula is C76H124N20O32. The lowest BCUT2D eigenvalue weighted by Gasteiger charge is -2.33. The average molecular weight is 1830 g/mol. The number of likely N-dealkylation sites (tertiary alicyclic amines) is 2. The highest BCUT2D eigenvalue weighted by Gasteiger charge is 2.44. The number of carboxylic acids is 6. The summed E-state index contributed by atoms with van der Waals surface area (Å²) < 4.78 is 0. The molecule has 25 N–H and O–H groups in total. The minimum Gasteiger partial charge on any atom is -0.481 e. The normalized spacial score (nSPS) is 18.3. The van der Waals surface area contributed by atoms with Crippen LogP contribution in [-0.4, -0.2) is 420 Å². The molecule has 52 heteroatoms. The van der Waals surface area contributed by atoms with Crippen molar-refractivity contribution in [1.82, 2.24) is 98.5 Å². The molecule has 720 valence electrons. The van der Waals surface area contributed by atoms with Crippen molar-refractivity contribution in [1.29, 1.82) is 0 Å². The number of aliphatic carboxylic acids is 6. The van der Waals surface area contributed by atoms with Crippen molar-refractivity contribution in [3.8, 4) is 0 Å². The van der Waals surface area contributed by atoms with Crippen LogP contribution in [-0.2, 0) is 105 Å². The van der Waals surface area contributed by atoms with Gasteiger partial charge in [0.1, 0.15) is 84.6 Å². The Labute approximate surface area is 735 Å². The van der Waals surface area contributed by atoms with E-state index in [9.17, 15) is 157 Å². The largest absolute Gasteiger partial charge is 0.481 e. The minimum atomic E-state index is -2.20. The number of aliphatic hydroxyl groups is 4. The van der Waals surface area contributed by atoms with Gasteiger partial charge >= 0.3 is 35.8 Å². The number of aliphatic hydroxyl groups excluding tert-OH is 4. The molecule has 0 aromatic heterocycles. The van der Waals surface area contributed by atoms with Gasteiger partial charge in [-0.05, 0) is 76.5 Å². The number of carbonyl (C=O) groups excluding carboxylic acids is 16. The topological polar surface area (TPSA) is 780 Å². The fourth-order valence-electron chi connectivity index (χ4n) is 13.7. The van der Waals surface area contributed by atoms with E-state index < -0.39 is 305 Å². The van der Waals surface area contributed by atoms with Gasteiger partial charge in [-0.15, -0.1) is 0 Å². The molecule has 128 heavy (non-hydrogen) atoms. The number of carbonyl (C=O) groups is 22. The van der Waals surface area contributed by atoms with Crippen molar-refractivity contribution >= 4 is 130 Å². The molecule has 14 atom stereocenters. The Bertz CT molecular complexity index is 3900. The van der Waals surface area contributed by atoms with Crippen LogP contribution >= 0.6 is 0 Å². The number of nitrogens with one attached hydrogen (secondary N) is 13. The number of primary amides is 1. The van der Waals surface area contributed by atoms with Crippen molar-refractivity contribution in [2.45, 2.75) is 204 Å². The number of hydrogen-bond acceptors (Lipinski definition) is 30. The lowest BCUT2D eigenvalue weighted by atomic mass is 9.99. The third-order valence-electron chi connectivity index (χ3n) is 20.7. The Kier molecular flexibility index (Phi) is 47.3. The van der Waals surface area contributed by atoms with Crippen LogP contribution in [0.2, 0.25) is 0 Å². The first-order valence-corrected chi connectivity index (χ1v) is 41.5. The summed E-state index contributed by atoms with van der Waals surface area (Å²) in [6.45, 7) is 5.71. The van der Waals surface area contributed by atoms with Crippen LogP contribution in [0.25, 0.3) is 0 Å². The van der Waals surface area contributed by atoms with E-state index in [1.54, 1.807) is 61.1 Å². The fraction of sp³-hybridized carbons (Fsp3) is 0.711. The number of carboxylic acid groups (broad SMARTS) is 6. The van der Waals surface area contributed by atoms with Gasteiger partial charge in [-0.2, -0.15) is 0 Å². The zero-order valence-corrected chi connectivity index (χ0v) is 72.5. The smallest absolute Gasteiger partial charge is 0.328 e. The third-order valence-corrected chi connectivity index (χ3v) is 20.7. The summed E-state index contributed by atoms with van der Waals surface area (Å²) in [6, 6.07) is -23.4. The zero-order valence-electron chi connectivity index (χ0n) is 72.5. The second kappa shape index (κ2) is 54.9. The molecule has 16 amide bonds. The van der Waals surface area contributed by atoms with Gasteiger partial charge in [0.2, 0.25) is 94.5 Å². The monoisotopic (exact) mass is 1830 g/mol. The lowest BCUT2D eigenvalue weighted by Crippen LogP contribution is -2.61. The van der Waals surface area contributed by atoms with E-state index in [-0.39, 0.29) is 117 Å². The molecule has 0 aromatic carbocycles. The lowest BCUT2D eigenvalue weighted by molar-refractivity contribution is -0.144. The zero-order chi connectivity index (χ0) is 96.7. The van der Waals surface area contributed by atoms with Crippen LogP contribution in [0, 0.1) is 17.8 Å². The fourth-order valence-corrected chi connectivity index (χ4v) is 13.7. The van der Waals surface area contributed by atoms with Crippen LogP contribution in [0.3, 0.4) is 0 Å². The second-order valence-corrected chi connectivity index (χ2v) is 32.1. The molecule has 0 aliphatic carbocycles. The van der Waals surface area contributed by atoms with Crippen molar-refractivity contribution in [2.75, 3.05) is 125 Å². The average Bonchev–Trinajstić information content (AvgIpc) is 1.59. The number of nitrogens with two attached hydrogens (primary N) is 1. The van der Waals surface area contributed by atoms with E-state index >= 15 is 0 Å². The van der Waals surface area contributed by atoms with Crippen LogP contribution in [0.5, 0.6) is 0 Å².